The van der Waals surface area contributed by atoms with E-state index in [-0.39, 0.29) is 5.56 Å². The van der Waals surface area contributed by atoms with Crippen molar-refractivity contribution < 1.29 is 0 Å². The number of aromatic nitrogens is 5. The molecule has 1 aliphatic heterocycles. The van der Waals surface area contributed by atoms with Crippen LogP contribution in [0.15, 0.2) is 47.7 Å². The molecule has 4 aromatic rings. The maximum atomic E-state index is 12.5. The molecule has 7 nitrogen and oxygen atoms in total. The monoisotopic (exact) mass is 424 g/mol. The molecule has 0 amide bonds. The van der Waals surface area contributed by atoms with Gasteiger partial charge in [-0.05, 0) is 50.3 Å². The number of anilines is 1. The van der Waals surface area contributed by atoms with Gasteiger partial charge < -0.3 is 4.90 Å². The minimum absolute atomic E-state index is 0.144. The predicted molar refractivity (Wildman–Crippen MR) is 123 cm³/mol. The first-order chi connectivity index (χ1) is 15.6. The van der Waals surface area contributed by atoms with Gasteiger partial charge in [-0.2, -0.15) is 4.52 Å². The largest absolute Gasteiger partial charge is 0.350 e. The van der Waals surface area contributed by atoms with E-state index in [4.69, 9.17) is 10.1 Å². The topological polar surface area (TPSA) is 76.3 Å². The highest BCUT2D eigenvalue weighted by Gasteiger charge is 2.33. The maximum Gasteiger partial charge on any atom is 0.274 e. The van der Waals surface area contributed by atoms with E-state index in [9.17, 15) is 4.79 Å². The van der Waals surface area contributed by atoms with E-state index in [1.54, 1.807) is 6.20 Å². The molecule has 6 rings (SSSR count). The second-order valence-electron chi connectivity index (χ2n) is 8.84. The summed E-state index contributed by atoms with van der Waals surface area (Å²) in [4.78, 5) is 28.5. The lowest BCUT2D eigenvalue weighted by atomic mass is 9.99. The summed E-state index contributed by atoms with van der Waals surface area (Å²) < 4.78 is 1.46. The van der Waals surface area contributed by atoms with Crippen molar-refractivity contribution in [3.05, 3.63) is 81.3 Å². The summed E-state index contributed by atoms with van der Waals surface area (Å²) in [6, 6.07) is 7.80. The Bertz CT molecular complexity index is 1400. The molecule has 0 atom stereocenters. The molecule has 0 spiro atoms. The highest BCUT2D eigenvalue weighted by molar-refractivity contribution is 5.65. The van der Waals surface area contributed by atoms with E-state index in [1.165, 1.54) is 34.6 Å². The average Bonchev–Trinajstić information content (AvgIpc) is 3.64. The lowest BCUT2D eigenvalue weighted by molar-refractivity contribution is 0.681. The summed E-state index contributed by atoms with van der Waals surface area (Å²) in [5.74, 6) is 1.42. The average molecular weight is 425 g/mol. The van der Waals surface area contributed by atoms with Crippen molar-refractivity contribution in [1.82, 2.24) is 24.6 Å². The number of hydrogen-bond acceptors (Lipinski definition) is 6. The summed E-state index contributed by atoms with van der Waals surface area (Å²) >= 11 is 0. The van der Waals surface area contributed by atoms with E-state index >= 15 is 0 Å². The number of pyridine rings is 2. The molecule has 32 heavy (non-hydrogen) atoms. The molecular weight excluding hydrogens is 400 g/mol. The Hall–Kier alpha value is -3.61. The second kappa shape index (κ2) is 7.22. The summed E-state index contributed by atoms with van der Waals surface area (Å²) in [7, 11) is 0. The summed E-state index contributed by atoms with van der Waals surface area (Å²) in [6.07, 6.45) is 8.61. The fraction of sp³-hybridized carbons (Fsp3) is 0.320. The van der Waals surface area contributed by atoms with Gasteiger partial charge in [-0.15, -0.1) is 5.10 Å². The first-order valence-corrected chi connectivity index (χ1v) is 11.1. The van der Waals surface area contributed by atoms with E-state index < -0.39 is 0 Å². The van der Waals surface area contributed by atoms with Gasteiger partial charge in [0.25, 0.3) is 5.56 Å². The third-order valence-electron chi connectivity index (χ3n) is 6.57. The van der Waals surface area contributed by atoms with Gasteiger partial charge in [-0.3, -0.25) is 14.8 Å². The van der Waals surface area contributed by atoms with Gasteiger partial charge in [0.2, 0.25) is 0 Å². The number of hydrogen-bond donors (Lipinski definition) is 0. The lowest BCUT2D eigenvalue weighted by Crippen LogP contribution is -2.34. The summed E-state index contributed by atoms with van der Waals surface area (Å²) in [5.41, 5.74) is 8.32. The van der Waals surface area contributed by atoms with E-state index in [1.807, 2.05) is 25.4 Å². The van der Waals surface area contributed by atoms with Crippen molar-refractivity contribution in [2.24, 2.45) is 0 Å². The third kappa shape index (κ3) is 3.16. The molecular formula is C25H24N6O. The molecule has 7 heteroatoms. The zero-order valence-corrected chi connectivity index (χ0v) is 18.2. The Balaban J connectivity index is 1.43. The molecule has 160 valence electrons. The zero-order valence-electron chi connectivity index (χ0n) is 18.2. The van der Waals surface area contributed by atoms with Crippen LogP contribution in [0.5, 0.6) is 0 Å². The van der Waals surface area contributed by atoms with Gasteiger partial charge in [0.05, 0.1) is 0 Å². The Morgan fingerprint density at radius 1 is 1.00 bits per heavy atom. The molecule has 0 aromatic carbocycles. The SMILES string of the molecule is Cc1ccc(-c2cnc3c(c2)CN(c2nn4c(=O)ccnc4c(C)c2C2CC2)CC3)cn1. The standard InChI is InChI=1S/C25H24N6O/c1-15-3-4-18(12-27-15)19-11-20-14-30(10-8-21(20)28-13-19)25-23(17-5-6-17)16(2)24-26-9-7-22(32)31(24)29-25/h3-4,7,9,11-13,17H,5-6,8,10,14H2,1-2H3. The van der Waals surface area contributed by atoms with Gasteiger partial charge >= 0.3 is 0 Å². The van der Waals surface area contributed by atoms with Gasteiger partial charge in [0.1, 0.15) is 0 Å². The maximum absolute atomic E-state index is 12.5. The van der Waals surface area contributed by atoms with Crippen LogP contribution in [0, 0.1) is 13.8 Å². The van der Waals surface area contributed by atoms with Crippen molar-refractivity contribution in [1.29, 1.82) is 0 Å². The molecule has 1 fully saturated rings. The first kappa shape index (κ1) is 19.1. The van der Waals surface area contributed by atoms with Crippen LogP contribution in [0.1, 0.15) is 46.8 Å². The minimum atomic E-state index is -0.144. The van der Waals surface area contributed by atoms with E-state index in [0.717, 1.165) is 53.4 Å². The number of rotatable bonds is 3. The molecule has 0 N–H and O–H groups in total. The highest BCUT2D eigenvalue weighted by Crippen LogP contribution is 2.46. The van der Waals surface area contributed by atoms with Gasteiger partial charge in [-0.1, -0.05) is 6.07 Å². The lowest BCUT2D eigenvalue weighted by Gasteiger charge is -2.31. The van der Waals surface area contributed by atoms with Crippen molar-refractivity contribution in [3.8, 4) is 11.1 Å². The molecule has 0 radical (unpaired) electrons. The smallest absolute Gasteiger partial charge is 0.274 e. The number of nitrogens with zero attached hydrogens (tertiary/aromatic N) is 6. The van der Waals surface area contributed by atoms with Crippen molar-refractivity contribution in [3.63, 3.8) is 0 Å². The van der Waals surface area contributed by atoms with Crippen LogP contribution in [0.2, 0.25) is 0 Å². The molecule has 2 aliphatic rings. The molecule has 0 saturated heterocycles. The summed E-state index contributed by atoms with van der Waals surface area (Å²) in [5, 5.41) is 4.82. The normalized spacial score (nSPS) is 15.8. The van der Waals surface area contributed by atoms with Crippen LogP contribution in [0.25, 0.3) is 16.8 Å². The molecule has 5 heterocycles. The fourth-order valence-electron chi connectivity index (χ4n) is 4.69. The van der Waals surface area contributed by atoms with Crippen LogP contribution in [-0.2, 0) is 13.0 Å². The summed E-state index contributed by atoms with van der Waals surface area (Å²) in [6.45, 7) is 5.62. The molecule has 1 saturated carbocycles. The highest BCUT2D eigenvalue weighted by atomic mass is 16.1. The van der Waals surface area contributed by atoms with E-state index in [2.05, 4.69) is 33.9 Å². The molecule has 4 aromatic heterocycles. The Morgan fingerprint density at radius 2 is 1.84 bits per heavy atom. The quantitative estimate of drug-likeness (QED) is 0.500. The Kier molecular flexibility index (Phi) is 4.31. The van der Waals surface area contributed by atoms with Crippen molar-refractivity contribution in [2.75, 3.05) is 11.4 Å². The number of fused-ring (bicyclic) bond motifs is 2. The van der Waals surface area contributed by atoms with Crippen LogP contribution < -0.4 is 10.5 Å². The van der Waals surface area contributed by atoms with Crippen LogP contribution in [-0.4, -0.2) is 31.1 Å². The van der Waals surface area contributed by atoms with Gasteiger partial charge in [0, 0.05) is 77.8 Å². The molecule has 1 aliphatic carbocycles. The number of aryl methyl sites for hydroxylation is 2. The zero-order chi connectivity index (χ0) is 21.8. The van der Waals surface area contributed by atoms with Gasteiger partial charge in [0.15, 0.2) is 11.5 Å². The first-order valence-electron chi connectivity index (χ1n) is 11.1. The van der Waals surface area contributed by atoms with Gasteiger partial charge in [-0.25, -0.2) is 4.98 Å². The Morgan fingerprint density at radius 3 is 2.62 bits per heavy atom. The van der Waals surface area contributed by atoms with Crippen LogP contribution in [0.4, 0.5) is 5.82 Å². The molecule has 0 unspecified atom stereocenters. The van der Waals surface area contributed by atoms with E-state index in [0.29, 0.717) is 11.6 Å². The van der Waals surface area contributed by atoms with Crippen LogP contribution in [0.3, 0.4) is 0 Å². The minimum Gasteiger partial charge on any atom is -0.350 e. The molecule has 0 bridgehead atoms. The van der Waals surface area contributed by atoms with Crippen molar-refractivity contribution in [2.45, 2.75) is 45.6 Å². The van der Waals surface area contributed by atoms with Crippen molar-refractivity contribution >= 4 is 11.5 Å². The third-order valence-corrected chi connectivity index (χ3v) is 6.57. The second-order valence-corrected chi connectivity index (χ2v) is 8.84. The Labute approximate surface area is 185 Å². The fourth-order valence-corrected chi connectivity index (χ4v) is 4.69. The predicted octanol–water partition coefficient (Wildman–Crippen LogP) is 3.60. The van der Waals surface area contributed by atoms with Crippen LogP contribution >= 0.6 is 0 Å².